The summed E-state index contributed by atoms with van der Waals surface area (Å²) < 4.78 is 15.8. The molecule has 2 aromatic heterocycles. The Hall–Kier alpha value is -3.03. The van der Waals surface area contributed by atoms with Crippen LogP contribution in [-0.4, -0.2) is 38.2 Å². The molecule has 1 aromatic carbocycles. The molecule has 0 radical (unpaired) electrons. The minimum absolute atomic E-state index is 0.158. The number of aryl methyl sites for hydroxylation is 2. The fraction of sp³-hybridized carbons (Fsp3) is 0.333. The summed E-state index contributed by atoms with van der Waals surface area (Å²) in [7, 11) is 1.81. The second-order valence-electron chi connectivity index (χ2n) is 6.41. The van der Waals surface area contributed by atoms with Crippen LogP contribution in [0.25, 0.3) is 11.0 Å². The highest BCUT2D eigenvalue weighted by atomic mass is 19.1. The van der Waals surface area contributed by atoms with Gasteiger partial charge in [-0.3, -0.25) is 9.48 Å². The van der Waals surface area contributed by atoms with Crippen LogP contribution in [0.3, 0.4) is 0 Å². The molecular formula is C18H19FN6O. The van der Waals surface area contributed by atoms with Gasteiger partial charge in [0.2, 0.25) is 5.91 Å². The quantitative estimate of drug-likeness (QED) is 0.782. The molecular weight excluding hydrogens is 335 g/mol. The Morgan fingerprint density at radius 1 is 1.27 bits per heavy atom. The third-order valence-corrected chi connectivity index (χ3v) is 4.60. The third-order valence-electron chi connectivity index (χ3n) is 4.60. The molecule has 8 heteroatoms. The minimum Gasteiger partial charge on any atom is -0.358 e. The van der Waals surface area contributed by atoms with Gasteiger partial charge in [0.15, 0.2) is 5.65 Å². The number of carbonyl (C=O) groups is 1. The van der Waals surface area contributed by atoms with Gasteiger partial charge >= 0.3 is 0 Å². The van der Waals surface area contributed by atoms with Crippen LogP contribution in [0.5, 0.6) is 0 Å². The van der Waals surface area contributed by atoms with Crippen molar-refractivity contribution >= 4 is 28.4 Å². The lowest BCUT2D eigenvalue weighted by Crippen LogP contribution is -2.48. The minimum atomic E-state index is -0.471. The van der Waals surface area contributed by atoms with Gasteiger partial charge in [0.05, 0.1) is 17.3 Å². The highest BCUT2D eigenvalue weighted by Gasteiger charge is 2.31. The maximum absolute atomic E-state index is 14.1. The van der Waals surface area contributed by atoms with Crippen LogP contribution in [-0.2, 0) is 11.8 Å². The number of fused-ring (bicyclic) bond motifs is 1. The van der Waals surface area contributed by atoms with Crippen molar-refractivity contribution in [1.29, 1.82) is 0 Å². The maximum atomic E-state index is 14.1. The maximum Gasteiger partial charge on any atom is 0.249 e. The van der Waals surface area contributed by atoms with E-state index >= 15 is 0 Å². The summed E-state index contributed by atoms with van der Waals surface area (Å²) in [6.07, 6.45) is 3.12. The van der Waals surface area contributed by atoms with Gasteiger partial charge in [-0.1, -0.05) is 12.1 Å². The summed E-state index contributed by atoms with van der Waals surface area (Å²) in [6, 6.07) is 5.87. The fourth-order valence-corrected chi connectivity index (χ4v) is 3.33. The van der Waals surface area contributed by atoms with E-state index in [1.54, 1.807) is 36.0 Å². The van der Waals surface area contributed by atoms with Crippen LogP contribution in [0.2, 0.25) is 0 Å². The van der Waals surface area contributed by atoms with Crippen LogP contribution in [0.1, 0.15) is 18.7 Å². The van der Waals surface area contributed by atoms with Gasteiger partial charge in [0.25, 0.3) is 0 Å². The average Bonchev–Trinajstić information content (AvgIpc) is 2.99. The molecule has 0 bridgehead atoms. The normalized spacial score (nSPS) is 17.7. The molecule has 134 valence electrons. The lowest BCUT2D eigenvalue weighted by Gasteiger charge is -2.33. The Bertz CT molecular complexity index is 985. The lowest BCUT2D eigenvalue weighted by molar-refractivity contribution is -0.120. The molecule has 7 nitrogen and oxygen atoms in total. The summed E-state index contributed by atoms with van der Waals surface area (Å²) in [4.78, 5) is 23.3. The number of hydrogen-bond donors (Lipinski definition) is 1. The zero-order valence-corrected chi connectivity index (χ0v) is 14.6. The zero-order valence-electron chi connectivity index (χ0n) is 14.6. The van der Waals surface area contributed by atoms with E-state index in [-0.39, 0.29) is 5.91 Å². The number of amides is 1. The molecule has 1 atom stereocenters. The topological polar surface area (TPSA) is 75.9 Å². The van der Waals surface area contributed by atoms with Gasteiger partial charge < -0.3 is 10.2 Å². The molecule has 1 fully saturated rings. The molecule has 3 aromatic rings. The van der Waals surface area contributed by atoms with Crippen LogP contribution < -0.4 is 10.2 Å². The molecule has 4 rings (SSSR count). The number of carbonyl (C=O) groups excluding carboxylic acids is 1. The summed E-state index contributed by atoms with van der Waals surface area (Å²) >= 11 is 0. The summed E-state index contributed by atoms with van der Waals surface area (Å²) in [5, 5.41) is 8.20. The highest BCUT2D eigenvalue weighted by Crippen LogP contribution is 2.27. The van der Waals surface area contributed by atoms with Gasteiger partial charge in [0, 0.05) is 13.6 Å². The highest BCUT2D eigenvalue weighted by molar-refractivity contribution is 6.00. The number of rotatable bonds is 3. The van der Waals surface area contributed by atoms with Gasteiger partial charge in [-0.2, -0.15) is 5.10 Å². The number of para-hydroxylation sites is 1. The first-order valence-electron chi connectivity index (χ1n) is 8.53. The summed E-state index contributed by atoms with van der Waals surface area (Å²) in [6.45, 7) is 2.30. The molecule has 0 aliphatic carbocycles. The first kappa shape index (κ1) is 16.4. The molecule has 1 aliphatic rings. The Morgan fingerprint density at radius 3 is 2.88 bits per heavy atom. The van der Waals surface area contributed by atoms with Crippen LogP contribution >= 0.6 is 0 Å². The zero-order chi connectivity index (χ0) is 18.3. The smallest absolute Gasteiger partial charge is 0.249 e. The van der Waals surface area contributed by atoms with E-state index in [0.29, 0.717) is 35.9 Å². The van der Waals surface area contributed by atoms with Gasteiger partial charge in [-0.25, -0.2) is 14.4 Å². The van der Waals surface area contributed by atoms with Crippen molar-refractivity contribution in [3.8, 4) is 0 Å². The van der Waals surface area contributed by atoms with Crippen molar-refractivity contribution < 1.29 is 9.18 Å². The van der Waals surface area contributed by atoms with Crippen molar-refractivity contribution in [1.82, 2.24) is 19.7 Å². The average molecular weight is 354 g/mol. The van der Waals surface area contributed by atoms with Crippen molar-refractivity contribution in [3.05, 3.63) is 42.1 Å². The predicted molar refractivity (Wildman–Crippen MR) is 96.4 cm³/mol. The standard InChI is InChI=1S/C18H19FN6O/c1-11-21-16(12-10-20-24(2)17(12)22-11)23-14-7-5-9-25(18(14)26)15-8-4-3-6-13(15)19/h3-4,6,8,10,14H,5,7,9H2,1-2H3,(H,21,22,23)/t14-/m1/s1. The second kappa shape index (κ2) is 6.36. The Kier molecular flexibility index (Phi) is 4.02. The molecule has 3 heterocycles. The number of nitrogens with zero attached hydrogens (tertiary/aromatic N) is 5. The lowest BCUT2D eigenvalue weighted by atomic mass is 10.0. The first-order valence-corrected chi connectivity index (χ1v) is 8.53. The summed E-state index contributed by atoms with van der Waals surface area (Å²) in [5.74, 6) is 0.621. The molecule has 1 amide bonds. The van der Waals surface area contributed by atoms with E-state index in [1.807, 2.05) is 7.05 Å². The summed E-state index contributed by atoms with van der Waals surface area (Å²) in [5.41, 5.74) is 1.02. The number of benzene rings is 1. The van der Waals surface area contributed by atoms with Crippen LogP contribution in [0.15, 0.2) is 30.5 Å². The molecule has 0 spiro atoms. The van der Waals surface area contributed by atoms with Crippen LogP contribution in [0, 0.1) is 12.7 Å². The van der Waals surface area contributed by atoms with Crippen molar-refractivity contribution in [2.24, 2.45) is 7.05 Å². The Morgan fingerprint density at radius 2 is 2.08 bits per heavy atom. The van der Waals surface area contributed by atoms with Crippen molar-refractivity contribution in [2.75, 3.05) is 16.8 Å². The van der Waals surface area contributed by atoms with Gasteiger partial charge in [-0.15, -0.1) is 0 Å². The SMILES string of the molecule is Cc1nc(N[C@@H]2CCCN(c3ccccc3F)C2=O)c2cnn(C)c2n1. The monoisotopic (exact) mass is 354 g/mol. The van der Waals surface area contributed by atoms with E-state index in [1.165, 1.54) is 11.0 Å². The van der Waals surface area contributed by atoms with Crippen molar-refractivity contribution in [2.45, 2.75) is 25.8 Å². The van der Waals surface area contributed by atoms with E-state index in [2.05, 4.69) is 20.4 Å². The van der Waals surface area contributed by atoms with Gasteiger partial charge in [-0.05, 0) is 31.9 Å². The van der Waals surface area contributed by atoms with Crippen molar-refractivity contribution in [3.63, 3.8) is 0 Å². The number of aromatic nitrogens is 4. The predicted octanol–water partition coefficient (Wildman–Crippen LogP) is 2.42. The number of piperidine rings is 1. The molecule has 0 saturated carbocycles. The number of anilines is 2. The number of nitrogens with one attached hydrogen (secondary N) is 1. The molecule has 1 saturated heterocycles. The number of hydrogen-bond acceptors (Lipinski definition) is 5. The molecule has 26 heavy (non-hydrogen) atoms. The number of halogens is 1. The van der Waals surface area contributed by atoms with E-state index < -0.39 is 11.9 Å². The largest absolute Gasteiger partial charge is 0.358 e. The molecule has 0 unspecified atom stereocenters. The second-order valence-corrected chi connectivity index (χ2v) is 6.41. The molecule has 1 aliphatic heterocycles. The Balaban J connectivity index is 1.65. The van der Waals surface area contributed by atoms with E-state index in [0.717, 1.165) is 11.8 Å². The molecule has 1 N–H and O–H groups in total. The van der Waals surface area contributed by atoms with E-state index in [9.17, 15) is 9.18 Å². The first-order chi connectivity index (χ1) is 12.5. The Labute approximate surface area is 149 Å². The third kappa shape index (κ3) is 2.77. The van der Waals surface area contributed by atoms with E-state index in [4.69, 9.17) is 0 Å². The van der Waals surface area contributed by atoms with Gasteiger partial charge in [0.1, 0.15) is 23.5 Å². The van der Waals surface area contributed by atoms with Crippen LogP contribution in [0.4, 0.5) is 15.9 Å². The fourth-order valence-electron chi connectivity index (χ4n) is 3.33.